The first-order chi connectivity index (χ1) is 4.61. The number of nitrogens with zero attached hydrogens (tertiary/aromatic N) is 1. The number of aromatic hydroxyl groups is 1. The standard InChI is InChI=1S/C6H5ClINO.HI/c1-3-4(7)2-5(10)6(8)9-3;/h2,10H,1H3;1H. The summed E-state index contributed by atoms with van der Waals surface area (Å²) in [6, 6.07) is 1.49. The highest BCUT2D eigenvalue weighted by atomic mass is 127. The minimum absolute atomic E-state index is 0. The largest absolute Gasteiger partial charge is 0.505 e. The first kappa shape index (κ1) is 11.7. The van der Waals surface area contributed by atoms with Gasteiger partial charge in [-0.3, -0.25) is 0 Å². The molecule has 0 spiro atoms. The van der Waals surface area contributed by atoms with Crippen molar-refractivity contribution in [2.24, 2.45) is 0 Å². The molecule has 11 heavy (non-hydrogen) atoms. The van der Waals surface area contributed by atoms with Crippen molar-refractivity contribution in [1.29, 1.82) is 0 Å². The molecule has 0 aliphatic carbocycles. The van der Waals surface area contributed by atoms with Crippen LogP contribution in [0.3, 0.4) is 0 Å². The molecule has 0 unspecified atom stereocenters. The van der Waals surface area contributed by atoms with Crippen molar-refractivity contribution < 1.29 is 5.11 Å². The van der Waals surface area contributed by atoms with Gasteiger partial charge < -0.3 is 5.11 Å². The van der Waals surface area contributed by atoms with Crippen molar-refractivity contribution in [1.82, 2.24) is 4.98 Å². The number of halogens is 3. The summed E-state index contributed by atoms with van der Waals surface area (Å²) >= 11 is 7.61. The van der Waals surface area contributed by atoms with E-state index in [0.29, 0.717) is 8.72 Å². The highest BCUT2D eigenvalue weighted by Crippen LogP contribution is 2.23. The lowest BCUT2D eigenvalue weighted by Gasteiger charge is -1.98. The second-order valence-corrected chi connectivity index (χ2v) is 3.29. The van der Waals surface area contributed by atoms with Crippen LogP contribution in [0.2, 0.25) is 5.02 Å². The van der Waals surface area contributed by atoms with Crippen LogP contribution in [-0.4, -0.2) is 10.1 Å². The number of hydrogen-bond acceptors (Lipinski definition) is 2. The Morgan fingerprint density at radius 1 is 1.64 bits per heavy atom. The van der Waals surface area contributed by atoms with Crippen LogP contribution >= 0.6 is 58.2 Å². The maximum atomic E-state index is 9.07. The first-order valence-electron chi connectivity index (χ1n) is 2.63. The maximum absolute atomic E-state index is 9.07. The fourth-order valence-electron chi connectivity index (χ4n) is 0.542. The van der Waals surface area contributed by atoms with E-state index in [1.807, 2.05) is 22.6 Å². The Bertz CT molecular complexity index is 217. The van der Waals surface area contributed by atoms with Gasteiger partial charge in [-0.15, -0.1) is 24.0 Å². The number of pyridine rings is 1. The van der Waals surface area contributed by atoms with Gasteiger partial charge in [0.1, 0.15) is 9.45 Å². The van der Waals surface area contributed by atoms with Crippen molar-refractivity contribution in [3.8, 4) is 5.75 Å². The monoisotopic (exact) mass is 397 g/mol. The topological polar surface area (TPSA) is 33.1 Å². The van der Waals surface area contributed by atoms with E-state index in [4.69, 9.17) is 16.7 Å². The van der Waals surface area contributed by atoms with E-state index in [1.165, 1.54) is 6.07 Å². The molecule has 1 N–H and O–H groups in total. The summed E-state index contributed by atoms with van der Waals surface area (Å²) < 4.78 is 0.583. The molecule has 0 aromatic carbocycles. The third-order valence-electron chi connectivity index (χ3n) is 1.09. The van der Waals surface area contributed by atoms with E-state index < -0.39 is 0 Å². The zero-order valence-electron chi connectivity index (χ0n) is 5.64. The van der Waals surface area contributed by atoms with E-state index in [1.54, 1.807) is 6.92 Å². The predicted octanol–water partition coefficient (Wildman–Crippen LogP) is 2.97. The fourth-order valence-corrected chi connectivity index (χ4v) is 1.21. The Balaban J connectivity index is 0.000001000. The fraction of sp³-hybridized carbons (Fsp3) is 0.167. The Labute approximate surface area is 101 Å². The van der Waals surface area contributed by atoms with Crippen molar-refractivity contribution in [2.75, 3.05) is 0 Å². The second-order valence-electron chi connectivity index (χ2n) is 1.87. The first-order valence-corrected chi connectivity index (χ1v) is 4.08. The minimum atomic E-state index is 0. The third kappa shape index (κ3) is 2.90. The van der Waals surface area contributed by atoms with Gasteiger partial charge in [0.15, 0.2) is 0 Å². The minimum Gasteiger partial charge on any atom is -0.505 e. The van der Waals surface area contributed by atoms with Gasteiger partial charge >= 0.3 is 0 Å². The van der Waals surface area contributed by atoms with Crippen LogP contribution in [0.5, 0.6) is 5.75 Å². The molecule has 5 heteroatoms. The van der Waals surface area contributed by atoms with Crippen molar-refractivity contribution in [2.45, 2.75) is 6.92 Å². The van der Waals surface area contributed by atoms with Gasteiger partial charge in [-0.25, -0.2) is 4.98 Å². The Kier molecular flexibility index (Phi) is 4.96. The lowest BCUT2D eigenvalue weighted by molar-refractivity contribution is 0.467. The average Bonchev–Trinajstić information content (AvgIpc) is 1.84. The summed E-state index contributed by atoms with van der Waals surface area (Å²) in [6.45, 7) is 1.80. The van der Waals surface area contributed by atoms with Crippen LogP contribution in [0.15, 0.2) is 6.07 Å². The summed E-state index contributed by atoms with van der Waals surface area (Å²) in [6.07, 6.45) is 0. The van der Waals surface area contributed by atoms with Gasteiger partial charge in [-0.05, 0) is 29.5 Å². The highest BCUT2D eigenvalue weighted by molar-refractivity contribution is 14.1. The van der Waals surface area contributed by atoms with Crippen molar-refractivity contribution in [3.63, 3.8) is 0 Å². The van der Waals surface area contributed by atoms with Crippen LogP contribution in [0.1, 0.15) is 5.69 Å². The van der Waals surface area contributed by atoms with Gasteiger partial charge in [0.25, 0.3) is 0 Å². The molecule has 0 saturated carbocycles. The van der Waals surface area contributed by atoms with E-state index in [-0.39, 0.29) is 29.7 Å². The van der Waals surface area contributed by atoms with E-state index in [2.05, 4.69) is 4.98 Å². The summed E-state index contributed by atoms with van der Waals surface area (Å²) in [5.41, 5.74) is 0.740. The lowest BCUT2D eigenvalue weighted by atomic mass is 10.4. The van der Waals surface area contributed by atoms with Crippen LogP contribution in [0.4, 0.5) is 0 Å². The van der Waals surface area contributed by atoms with Gasteiger partial charge in [-0.1, -0.05) is 11.6 Å². The molecule has 0 atom stereocenters. The Morgan fingerprint density at radius 2 is 2.18 bits per heavy atom. The Hall–Kier alpha value is 0.700. The number of aryl methyl sites for hydroxylation is 1. The number of hydrogen-bond donors (Lipinski definition) is 1. The van der Waals surface area contributed by atoms with E-state index in [9.17, 15) is 0 Å². The van der Waals surface area contributed by atoms with Crippen molar-refractivity contribution >= 4 is 58.2 Å². The molecular formula is C6H6ClI2NO. The van der Waals surface area contributed by atoms with Crippen LogP contribution < -0.4 is 0 Å². The summed E-state index contributed by atoms with van der Waals surface area (Å²) in [4.78, 5) is 3.98. The molecule has 0 saturated heterocycles. The molecule has 2 nitrogen and oxygen atoms in total. The third-order valence-corrected chi connectivity index (χ3v) is 2.26. The SMILES string of the molecule is Cc1nc(I)c(O)cc1Cl.I. The van der Waals surface area contributed by atoms with Crippen LogP contribution in [0.25, 0.3) is 0 Å². The summed E-state index contributed by atoms with van der Waals surface area (Å²) in [7, 11) is 0. The molecule has 62 valence electrons. The highest BCUT2D eigenvalue weighted by Gasteiger charge is 2.02. The number of aromatic nitrogens is 1. The molecular weight excluding hydrogens is 391 g/mol. The van der Waals surface area contributed by atoms with Gasteiger partial charge in [0.05, 0.1) is 10.7 Å². The van der Waals surface area contributed by atoms with Gasteiger partial charge in [0, 0.05) is 6.07 Å². The average molecular weight is 397 g/mol. The van der Waals surface area contributed by atoms with Crippen LogP contribution in [-0.2, 0) is 0 Å². The molecule has 0 aliphatic rings. The van der Waals surface area contributed by atoms with Gasteiger partial charge in [0.2, 0.25) is 0 Å². The molecule has 1 aromatic rings. The predicted molar refractivity (Wildman–Crippen MR) is 63.8 cm³/mol. The van der Waals surface area contributed by atoms with Crippen molar-refractivity contribution in [3.05, 3.63) is 20.5 Å². The zero-order chi connectivity index (χ0) is 7.72. The molecule has 0 fully saturated rings. The Morgan fingerprint density at radius 3 is 2.64 bits per heavy atom. The normalized spacial score (nSPS) is 9.00. The summed E-state index contributed by atoms with van der Waals surface area (Å²) in [5.74, 6) is 0.135. The second kappa shape index (κ2) is 4.66. The van der Waals surface area contributed by atoms with Crippen LogP contribution in [0, 0.1) is 10.6 Å². The molecule has 1 aromatic heterocycles. The van der Waals surface area contributed by atoms with Gasteiger partial charge in [-0.2, -0.15) is 0 Å². The summed E-state index contributed by atoms with van der Waals surface area (Å²) in [5, 5.41) is 9.57. The van der Waals surface area contributed by atoms with E-state index >= 15 is 0 Å². The van der Waals surface area contributed by atoms with E-state index in [0.717, 1.165) is 5.69 Å². The molecule has 0 amide bonds. The molecule has 0 radical (unpaired) electrons. The zero-order valence-corrected chi connectivity index (χ0v) is 10.9. The quantitative estimate of drug-likeness (QED) is 0.540. The smallest absolute Gasteiger partial charge is 0.148 e. The molecule has 0 bridgehead atoms. The maximum Gasteiger partial charge on any atom is 0.148 e. The lowest BCUT2D eigenvalue weighted by Crippen LogP contribution is -1.86. The molecule has 1 heterocycles. The molecule has 0 aliphatic heterocycles. The molecule has 1 rings (SSSR count). The number of rotatable bonds is 0.